The van der Waals surface area contributed by atoms with Crippen molar-refractivity contribution in [3.63, 3.8) is 0 Å². The van der Waals surface area contributed by atoms with E-state index < -0.39 is 0 Å². The van der Waals surface area contributed by atoms with Crippen LogP contribution in [0.5, 0.6) is 5.75 Å². The number of pyridine rings is 1. The van der Waals surface area contributed by atoms with Gasteiger partial charge in [-0.05, 0) is 25.1 Å². The first kappa shape index (κ1) is 13.5. The van der Waals surface area contributed by atoms with Gasteiger partial charge in [0.2, 0.25) is 0 Å². The van der Waals surface area contributed by atoms with Crippen LogP contribution < -0.4 is 10.1 Å². The molecule has 0 unspecified atom stereocenters. The van der Waals surface area contributed by atoms with Crippen molar-refractivity contribution in [1.29, 1.82) is 0 Å². The standard InChI is InChI=1S/C9H12N2O.2ClH/c1-2-9(6-10-4-1)12-7-8-3-5-11-8;;/h1-2,4,6,8,11H,3,5,7H2;2*1H/t8-;;/m0../s1. The summed E-state index contributed by atoms with van der Waals surface area (Å²) in [7, 11) is 0. The lowest BCUT2D eigenvalue weighted by atomic mass is 10.1. The topological polar surface area (TPSA) is 34.1 Å². The largest absolute Gasteiger partial charge is 0.490 e. The Morgan fingerprint density at radius 1 is 1.50 bits per heavy atom. The number of hydrogen-bond acceptors (Lipinski definition) is 3. The summed E-state index contributed by atoms with van der Waals surface area (Å²) in [6.07, 6.45) is 4.70. The van der Waals surface area contributed by atoms with Crippen molar-refractivity contribution in [3.8, 4) is 5.75 Å². The van der Waals surface area contributed by atoms with E-state index in [9.17, 15) is 0 Å². The van der Waals surface area contributed by atoms with Crippen molar-refractivity contribution in [2.24, 2.45) is 0 Å². The maximum Gasteiger partial charge on any atom is 0.137 e. The Bertz CT molecular complexity index is 242. The normalized spacial score (nSPS) is 18.4. The molecule has 5 heteroatoms. The lowest BCUT2D eigenvalue weighted by molar-refractivity contribution is 0.217. The summed E-state index contributed by atoms with van der Waals surface area (Å²) in [6, 6.07) is 4.35. The van der Waals surface area contributed by atoms with Crippen molar-refractivity contribution in [3.05, 3.63) is 24.5 Å². The Hall–Kier alpha value is -0.510. The smallest absolute Gasteiger partial charge is 0.137 e. The van der Waals surface area contributed by atoms with Gasteiger partial charge in [-0.15, -0.1) is 24.8 Å². The summed E-state index contributed by atoms with van der Waals surface area (Å²) in [5.74, 6) is 0.853. The van der Waals surface area contributed by atoms with Gasteiger partial charge in [0.15, 0.2) is 0 Å². The molecule has 2 heterocycles. The van der Waals surface area contributed by atoms with Crippen LogP contribution in [0.3, 0.4) is 0 Å². The van der Waals surface area contributed by atoms with Gasteiger partial charge in [0.25, 0.3) is 0 Å². The summed E-state index contributed by atoms with van der Waals surface area (Å²) in [4.78, 5) is 3.96. The average Bonchev–Trinajstić information content (AvgIpc) is 2.04. The van der Waals surface area contributed by atoms with Crippen LogP contribution in [0.25, 0.3) is 0 Å². The molecule has 80 valence electrons. The van der Waals surface area contributed by atoms with E-state index in [2.05, 4.69) is 10.3 Å². The quantitative estimate of drug-likeness (QED) is 0.868. The second kappa shape index (κ2) is 6.87. The van der Waals surface area contributed by atoms with Crippen LogP contribution in [0, 0.1) is 0 Å². The Labute approximate surface area is 96.1 Å². The minimum Gasteiger partial charge on any atom is -0.490 e. The van der Waals surface area contributed by atoms with Gasteiger partial charge in [-0.25, -0.2) is 0 Å². The molecule has 0 amide bonds. The van der Waals surface area contributed by atoms with E-state index in [4.69, 9.17) is 4.74 Å². The maximum atomic E-state index is 5.48. The number of hydrogen-bond donors (Lipinski definition) is 1. The SMILES string of the molecule is Cl.Cl.c1cncc(OC[C@@H]2CCN2)c1. The van der Waals surface area contributed by atoms with Gasteiger partial charge >= 0.3 is 0 Å². The molecule has 3 nitrogen and oxygen atoms in total. The first-order valence-corrected chi connectivity index (χ1v) is 4.21. The van der Waals surface area contributed by atoms with E-state index in [0.29, 0.717) is 6.04 Å². The molecular weight excluding hydrogens is 223 g/mol. The first-order chi connectivity index (χ1) is 5.95. The van der Waals surface area contributed by atoms with Crippen molar-refractivity contribution < 1.29 is 4.74 Å². The van der Waals surface area contributed by atoms with Crippen LogP contribution in [0.4, 0.5) is 0 Å². The summed E-state index contributed by atoms with van der Waals surface area (Å²) in [5, 5.41) is 3.27. The summed E-state index contributed by atoms with van der Waals surface area (Å²) in [6.45, 7) is 1.88. The van der Waals surface area contributed by atoms with Crippen molar-refractivity contribution in [2.45, 2.75) is 12.5 Å². The molecule has 14 heavy (non-hydrogen) atoms. The minimum atomic E-state index is 0. The Kier molecular flexibility index (Phi) is 6.62. The third-order valence-corrected chi connectivity index (χ3v) is 2.01. The van der Waals surface area contributed by atoms with Gasteiger partial charge in [-0.1, -0.05) is 0 Å². The van der Waals surface area contributed by atoms with E-state index >= 15 is 0 Å². The maximum absolute atomic E-state index is 5.48. The highest BCUT2D eigenvalue weighted by Gasteiger charge is 2.16. The summed E-state index contributed by atoms with van der Waals surface area (Å²) < 4.78 is 5.48. The average molecular weight is 237 g/mol. The van der Waals surface area contributed by atoms with E-state index in [1.807, 2.05) is 12.1 Å². The van der Waals surface area contributed by atoms with Gasteiger partial charge in [0, 0.05) is 12.2 Å². The zero-order valence-corrected chi connectivity index (χ0v) is 9.31. The lowest BCUT2D eigenvalue weighted by Gasteiger charge is -2.27. The second-order valence-corrected chi connectivity index (χ2v) is 2.94. The Morgan fingerprint density at radius 3 is 2.79 bits per heavy atom. The van der Waals surface area contributed by atoms with Crippen LogP contribution in [-0.2, 0) is 0 Å². The molecule has 1 aromatic rings. The number of nitrogens with zero attached hydrogens (tertiary/aromatic N) is 1. The van der Waals surface area contributed by atoms with Crippen molar-refractivity contribution >= 4 is 24.8 Å². The van der Waals surface area contributed by atoms with Crippen LogP contribution >= 0.6 is 24.8 Å². The third kappa shape index (κ3) is 3.70. The molecule has 0 aliphatic carbocycles. The number of halogens is 2. The van der Waals surface area contributed by atoms with Crippen molar-refractivity contribution in [1.82, 2.24) is 10.3 Å². The fraction of sp³-hybridized carbons (Fsp3) is 0.444. The number of rotatable bonds is 3. The molecule has 1 atom stereocenters. The van der Waals surface area contributed by atoms with Gasteiger partial charge in [0.1, 0.15) is 12.4 Å². The third-order valence-electron chi connectivity index (χ3n) is 2.01. The van der Waals surface area contributed by atoms with Gasteiger partial charge in [-0.2, -0.15) is 0 Å². The molecule has 0 saturated carbocycles. The highest BCUT2D eigenvalue weighted by molar-refractivity contribution is 5.85. The van der Waals surface area contributed by atoms with Gasteiger partial charge in [0.05, 0.1) is 6.20 Å². The van der Waals surface area contributed by atoms with Crippen molar-refractivity contribution in [2.75, 3.05) is 13.2 Å². The highest BCUT2D eigenvalue weighted by Crippen LogP contribution is 2.09. The molecule has 1 aromatic heterocycles. The predicted molar refractivity (Wildman–Crippen MR) is 60.6 cm³/mol. The molecule has 1 fully saturated rings. The molecule has 2 rings (SSSR count). The molecule has 0 aromatic carbocycles. The monoisotopic (exact) mass is 236 g/mol. The fourth-order valence-corrected chi connectivity index (χ4v) is 1.12. The van der Waals surface area contributed by atoms with Crippen LogP contribution in [0.2, 0.25) is 0 Å². The number of aromatic nitrogens is 1. The van der Waals surface area contributed by atoms with Crippen LogP contribution in [0.15, 0.2) is 24.5 Å². The zero-order valence-electron chi connectivity index (χ0n) is 7.68. The summed E-state index contributed by atoms with van der Waals surface area (Å²) >= 11 is 0. The van der Waals surface area contributed by atoms with Crippen LogP contribution in [-0.4, -0.2) is 24.2 Å². The molecule has 1 aliphatic heterocycles. The fourth-order valence-electron chi connectivity index (χ4n) is 1.12. The van der Waals surface area contributed by atoms with E-state index in [1.54, 1.807) is 12.4 Å². The van der Waals surface area contributed by atoms with Crippen LogP contribution in [0.1, 0.15) is 6.42 Å². The first-order valence-electron chi connectivity index (χ1n) is 4.21. The van der Waals surface area contributed by atoms with E-state index in [-0.39, 0.29) is 24.8 Å². The highest BCUT2D eigenvalue weighted by atomic mass is 35.5. The number of nitrogens with one attached hydrogen (secondary N) is 1. The molecule has 0 spiro atoms. The molecule has 0 bridgehead atoms. The van der Waals surface area contributed by atoms with E-state index in [0.717, 1.165) is 18.9 Å². The molecule has 1 saturated heterocycles. The van der Waals surface area contributed by atoms with Gasteiger partial charge < -0.3 is 10.1 Å². The molecule has 1 aliphatic rings. The summed E-state index contributed by atoms with van der Waals surface area (Å²) in [5.41, 5.74) is 0. The molecular formula is C9H14Cl2N2O. The Balaban J connectivity index is 0.000000845. The van der Waals surface area contributed by atoms with Gasteiger partial charge in [-0.3, -0.25) is 4.98 Å². The molecule has 1 N–H and O–H groups in total. The predicted octanol–water partition coefficient (Wildman–Crippen LogP) is 1.67. The second-order valence-electron chi connectivity index (χ2n) is 2.94. The Morgan fingerprint density at radius 2 is 2.29 bits per heavy atom. The number of ether oxygens (including phenoxy) is 1. The molecule has 0 radical (unpaired) electrons. The lowest BCUT2D eigenvalue weighted by Crippen LogP contribution is -2.46. The van der Waals surface area contributed by atoms with E-state index in [1.165, 1.54) is 6.42 Å². The minimum absolute atomic E-state index is 0. The zero-order chi connectivity index (χ0) is 8.23.